The van der Waals surface area contributed by atoms with Crippen LogP contribution in [-0.2, 0) is 4.74 Å². The molecule has 0 fully saturated rings. The van der Waals surface area contributed by atoms with Crippen LogP contribution in [0.5, 0.6) is 0 Å². The maximum Gasteiger partial charge on any atom is 0.411 e. The van der Waals surface area contributed by atoms with Crippen LogP contribution in [0, 0.1) is 0 Å². The summed E-state index contributed by atoms with van der Waals surface area (Å²) in [5.74, 6) is -0.0223. The smallest absolute Gasteiger partial charge is 0.411 e. The SMILES string of the molecule is CC(C)OC(=O)Nc1cccc(C(N)=NO)c1. The number of ether oxygens (including phenoxy) is 1. The maximum absolute atomic E-state index is 11.3. The average Bonchev–Trinajstić information content (AvgIpc) is 2.27. The van der Waals surface area contributed by atoms with Crippen LogP contribution in [0.2, 0.25) is 0 Å². The average molecular weight is 237 g/mol. The molecule has 0 radical (unpaired) electrons. The summed E-state index contributed by atoms with van der Waals surface area (Å²) >= 11 is 0. The molecule has 1 amide bonds. The monoisotopic (exact) mass is 237 g/mol. The largest absolute Gasteiger partial charge is 0.447 e. The Balaban J connectivity index is 2.76. The Morgan fingerprint density at radius 2 is 2.24 bits per heavy atom. The number of carbonyl (C=O) groups excluding carboxylic acids is 1. The van der Waals surface area contributed by atoms with Crippen molar-refractivity contribution in [2.75, 3.05) is 5.32 Å². The van der Waals surface area contributed by atoms with E-state index in [0.717, 1.165) is 0 Å². The van der Waals surface area contributed by atoms with Gasteiger partial charge in [0, 0.05) is 11.3 Å². The molecule has 92 valence electrons. The van der Waals surface area contributed by atoms with Crippen LogP contribution in [0.3, 0.4) is 0 Å². The normalized spacial score (nSPS) is 11.4. The van der Waals surface area contributed by atoms with E-state index >= 15 is 0 Å². The van der Waals surface area contributed by atoms with Gasteiger partial charge in [-0.25, -0.2) is 4.79 Å². The van der Waals surface area contributed by atoms with Crippen LogP contribution < -0.4 is 11.1 Å². The standard InChI is InChI=1S/C11H15N3O3/c1-7(2)17-11(15)13-9-5-3-4-8(6-9)10(12)14-16/h3-7,16H,1-2H3,(H2,12,14)(H,13,15). The number of amides is 1. The van der Waals surface area contributed by atoms with Gasteiger partial charge in [0.25, 0.3) is 0 Å². The van der Waals surface area contributed by atoms with Gasteiger partial charge in [-0.15, -0.1) is 0 Å². The molecule has 0 aliphatic heterocycles. The van der Waals surface area contributed by atoms with Crippen molar-refractivity contribution in [1.29, 1.82) is 0 Å². The van der Waals surface area contributed by atoms with E-state index in [1.165, 1.54) is 0 Å². The molecule has 17 heavy (non-hydrogen) atoms. The van der Waals surface area contributed by atoms with Gasteiger partial charge in [0.1, 0.15) is 0 Å². The first-order valence-corrected chi connectivity index (χ1v) is 5.08. The predicted octanol–water partition coefficient (Wildman–Crippen LogP) is 1.74. The van der Waals surface area contributed by atoms with Gasteiger partial charge in [-0.1, -0.05) is 17.3 Å². The van der Waals surface area contributed by atoms with Crippen LogP contribution >= 0.6 is 0 Å². The second kappa shape index (κ2) is 5.74. The van der Waals surface area contributed by atoms with Gasteiger partial charge in [-0.2, -0.15) is 0 Å². The van der Waals surface area contributed by atoms with E-state index in [4.69, 9.17) is 15.7 Å². The molecule has 0 aliphatic carbocycles. The third kappa shape index (κ3) is 4.02. The van der Waals surface area contributed by atoms with E-state index in [2.05, 4.69) is 10.5 Å². The van der Waals surface area contributed by atoms with E-state index < -0.39 is 6.09 Å². The van der Waals surface area contributed by atoms with E-state index in [-0.39, 0.29) is 11.9 Å². The molecular formula is C11H15N3O3. The van der Waals surface area contributed by atoms with Crippen LogP contribution in [0.25, 0.3) is 0 Å². The summed E-state index contributed by atoms with van der Waals surface area (Å²) in [6.07, 6.45) is -0.737. The highest BCUT2D eigenvalue weighted by Gasteiger charge is 2.06. The predicted molar refractivity (Wildman–Crippen MR) is 64.2 cm³/mol. The Hall–Kier alpha value is -2.24. The molecule has 0 spiro atoms. The second-order valence-corrected chi connectivity index (χ2v) is 3.65. The molecule has 4 N–H and O–H groups in total. The Morgan fingerprint density at radius 1 is 1.53 bits per heavy atom. The fourth-order valence-corrected chi connectivity index (χ4v) is 1.18. The molecule has 6 nitrogen and oxygen atoms in total. The highest BCUT2D eigenvalue weighted by Crippen LogP contribution is 2.11. The quantitative estimate of drug-likeness (QED) is 0.323. The van der Waals surface area contributed by atoms with Crippen LogP contribution in [0.4, 0.5) is 10.5 Å². The fraction of sp³-hybridized carbons (Fsp3) is 0.273. The Labute approximate surface area is 99.1 Å². The van der Waals surface area contributed by atoms with Crippen LogP contribution in [0.1, 0.15) is 19.4 Å². The molecule has 0 aliphatic rings. The highest BCUT2D eigenvalue weighted by molar-refractivity contribution is 5.98. The van der Waals surface area contributed by atoms with Crippen molar-refractivity contribution < 1.29 is 14.7 Å². The summed E-state index contributed by atoms with van der Waals surface area (Å²) < 4.78 is 4.92. The van der Waals surface area contributed by atoms with Gasteiger partial charge >= 0.3 is 6.09 Å². The summed E-state index contributed by atoms with van der Waals surface area (Å²) in [6.45, 7) is 3.51. The van der Waals surface area contributed by atoms with Gasteiger partial charge in [-0.3, -0.25) is 5.32 Å². The molecule has 0 bridgehead atoms. The van der Waals surface area contributed by atoms with Crippen molar-refractivity contribution in [1.82, 2.24) is 0 Å². The second-order valence-electron chi connectivity index (χ2n) is 3.65. The number of benzene rings is 1. The molecular weight excluding hydrogens is 222 g/mol. The zero-order valence-electron chi connectivity index (χ0n) is 9.68. The summed E-state index contributed by atoms with van der Waals surface area (Å²) in [6, 6.07) is 6.60. The van der Waals surface area contributed by atoms with Crippen molar-refractivity contribution in [3.05, 3.63) is 29.8 Å². The number of oxime groups is 1. The number of nitrogens with two attached hydrogens (primary N) is 1. The van der Waals surface area contributed by atoms with E-state index in [1.807, 2.05) is 0 Å². The van der Waals surface area contributed by atoms with E-state index in [1.54, 1.807) is 38.1 Å². The number of rotatable bonds is 3. The van der Waals surface area contributed by atoms with Crippen molar-refractivity contribution in [2.24, 2.45) is 10.9 Å². The lowest BCUT2D eigenvalue weighted by atomic mass is 10.2. The van der Waals surface area contributed by atoms with Gasteiger partial charge in [0.05, 0.1) is 6.10 Å². The lowest BCUT2D eigenvalue weighted by molar-refractivity contribution is 0.130. The number of carbonyl (C=O) groups is 1. The molecule has 0 aromatic heterocycles. The molecule has 6 heteroatoms. The first-order valence-electron chi connectivity index (χ1n) is 5.08. The van der Waals surface area contributed by atoms with Gasteiger partial charge in [0.15, 0.2) is 5.84 Å². The number of anilines is 1. The number of nitrogens with zero attached hydrogens (tertiary/aromatic N) is 1. The van der Waals surface area contributed by atoms with E-state index in [9.17, 15) is 4.79 Å². The number of nitrogens with one attached hydrogen (secondary N) is 1. The van der Waals surface area contributed by atoms with Gasteiger partial charge in [0.2, 0.25) is 0 Å². The number of hydrogen-bond acceptors (Lipinski definition) is 4. The topological polar surface area (TPSA) is 96.9 Å². The zero-order chi connectivity index (χ0) is 12.8. The van der Waals surface area contributed by atoms with Crippen molar-refractivity contribution in [2.45, 2.75) is 20.0 Å². The molecule has 0 saturated carbocycles. The Morgan fingerprint density at radius 3 is 2.82 bits per heavy atom. The first-order chi connectivity index (χ1) is 8.02. The summed E-state index contributed by atoms with van der Waals surface area (Å²) in [5, 5.41) is 13.9. The third-order valence-corrected chi connectivity index (χ3v) is 1.86. The lowest BCUT2D eigenvalue weighted by Gasteiger charge is -2.10. The maximum atomic E-state index is 11.3. The van der Waals surface area contributed by atoms with Gasteiger partial charge in [-0.05, 0) is 26.0 Å². The van der Waals surface area contributed by atoms with Crippen molar-refractivity contribution in [3.63, 3.8) is 0 Å². The molecule has 0 heterocycles. The lowest BCUT2D eigenvalue weighted by Crippen LogP contribution is -2.18. The molecule has 1 aromatic carbocycles. The molecule has 0 atom stereocenters. The minimum absolute atomic E-state index is 0.0223. The van der Waals surface area contributed by atoms with E-state index in [0.29, 0.717) is 11.3 Å². The minimum atomic E-state index is -0.545. The third-order valence-electron chi connectivity index (χ3n) is 1.86. The Bertz CT molecular complexity index is 430. The molecule has 0 saturated heterocycles. The van der Waals surface area contributed by atoms with Crippen molar-refractivity contribution >= 4 is 17.6 Å². The summed E-state index contributed by atoms with van der Waals surface area (Å²) in [5.41, 5.74) is 6.45. The van der Waals surface area contributed by atoms with Crippen LogP contribution in [0.15, 0.2) is 29.4 Å². The highest BCUT2D eigenvalue weighted by atomic mass is 16.6. The minimum Gasteiger partial charge on any atom is -0.447 e. The Kier molecular flexibility index (Phi) is 4.33. The zero-order valence-corrected chi connectivity index (χ0v) is 9.68. The summed E-state index contributed by atoms with van der Waals surface area (Å²) in [7, 11) is 0. The molecule has 0 unspecified atom stereocenters. The number of amidine groups is 1. The molecule has 1 rings (SSSR count). The van der Waals surface area contributed by atoms with Gasteiger partial charge < -0.3 is 15.7 Å². The molecule has 1 aromatic rings. The number of hydrogen-bond donors (Lipinski definition) is 3. The first kappa shape index (κ1) is 12.8. The van der Waals surface area contributed by atoms with Crippen LogP contribution in [-0.4, -0.2) is 23.2 Å². The van der Waals surface area contributed by atoms with Crippen molar-refractivity contribution in [3.8, 4) is 0 Å². The summed E-state index contributed by atoms with van der Waals surface area (Å²) in [4.78, 5) is 11.3. The fourth-order valence-electron chi connectivity index (χ4n) is 1.18.